The molecule has 6 aromatic rings. The van der Waals surface area contributed by atoms with E-state index in [-0.39, 0.29) is 44.9 Å². The van der Waals surface area contributed by atoms with E-state index >= 15 is 0 Å². The van der Waals surface area contributed by atoms with Crippen LogP contribution >= 0.6 is 0 Å². The number of methoxy groups -OCH3 is 2. The summed E-state index contributed by atoms with van der Waals surface area (Å²) in [6.07, 6.45) is 6.60. The Morgan fingerprint density at radius 2 is 1.05 bits per heavy atom. The van der Waals surface area contributed by atoms with Crippen LogP contribution in [0.5, 0.6) is 0 Å². The number of rotatable bonds is 9. The molecule has 2 aliphatic rings. The van der Waals surface area contributed by atoms with E-state index in [9.17, 15) is 36.3 Å². The summed E-state index contributed by atoms with van der Waals surface area (Å²) in [6.45, 7) is 9.23. The van der Waals surface area contributed by atoms with Crippen LogP contribution in [0.15, 0.2) is 107 Å². The van der Waals surface area contributed by atoms with E-state index in [4.69, 9.17) is 14.2 Å². The molecule has 2 aliphatic carbocycles. The van der Waals surface area contributed by atoms with Gasteiger partial charge in [0.2, 0.25) is 0 Å². The fourth-order valence-corrected chi connectivity index (χ4v) is 11.7. The number of carbonyl (C=O) groups excluding carboxylic acids is 3. The fraction of sp³-hybridized carbons (Fsp3) is 0.367. The van der Waals surface area contributed by atoms with Crippen LogP contribution in [0.2, 0.25) is 0 Å². The number of fused-ring (bicyclic) bond motifs is 2. The van der Waals surface area contributed by atoms with Crippen molar-refractivity contribution < 1.29 is 50.5 Å². The molecule has 4 aromatic carbocycles. The van der Waals surface area contributed by atoms with Gasteiger partial charge in [-0.25, -0.2) is 39.2 Å². The van der Waals surface area contributed by atoms with Crippen LogP contribution in [0.3, 0.4) is 0 Å². The maximum Gasteiger partial charge on any atom is 0.407 e. The second-order valence-corrected chi connectivity index (χ2v) is 21.4. The van der Waals surface area contributed by atoms with Crippen LogP contribution in [0, 0.1) is 13.8 Å². The number of esters is 2. The number of alkyl carbamates (subject to hydrolysis) is 1. The van der Waals surface area contributed by atoms with Gasteiger partial charge in [0.05, 0.1) is 52.3 Å². The van der Waals surface area contributed by atoms with Gasteiger partial charge in [0.1, 0.15) is 5.60 Å². The second kappa shape index (κ2) is 18.5. The molecule has 0 unspecified atom stereocenters. The zero-order chi connectivity index (χ0) is 47.0. The molecule has 2 N–H and O–H groups in total. The Bertz CT molecular complexity index is 2980. The van der Waals surface area contributed by atoms with Crippen molar-refractivity contribution in [2.75, 3.05) is 14.2 Å². The predicted molar refractivity (Wildman–Crippen MR) is 246 cm³/mol. The molecule has 65 heavy (non-hydrogen) atoms. The molecule has 0 radical (unpaired) electrons. The summed E-state index contributed by atoms with van der Waals surface area (Å²) < 4.78 is 71.3. The Hall–Kier alpha value is -5.97. The topological polar surface area (TPSA) is 189 Å². The highest BCUT2D eigenvalue weighted by atomic mass is 32.2. The van der Waals surface area contributed by atoms with Gasteiger partial charge in [0.15, 0.2) is 0 Å². The zero-order valence-electron chi connectivity index (χ0n) is 37.5. The van der Waals surface area contributed by atoms with Crippen molar-refractivity contribution in [3.05, 3.63) is 131 Å². The normalized spacial score (nSPS) is 18.8. The number of amides is 1. The summed E-state index contributed by atoms with van der Waals surface area (Å²) in [5.41, 5.74) is 4.19. The van der Waals surface area contributed by atoms with Crippen molar-refractivity contribution in [1.29, 1.82) is 0 Å². The first-order valence-corrected chi connectivity index (χ1v) is 24.4. The van der Waals surface area contributed by atoms with E-state index in [1.54, 1.807) is 72.8 Å². The largest absolute Gasteiger partial charge is 0.465 e. The van der Waals surface area contributed by atoms with Gasteiger partial charge in [-0.05, 0) is 145 Å². The molecular weight excluding hydrogens is 871 g/mol. The minimum atomic E-state index is -3.95. The number of hydrogen-bond acceptors (Lipinski definition) is 11. The van der Waals surface area contributed by atoms with Crippen molar-refractivity contribution in [2.24, 2.45) is 0 Å². The molecular formula is C49H55N3O11S2. The number of aliphatic hydroxyl groups is 1. The van der Waals surface area contributed by atoms with Gasteiger partial charge in [0.25, 0.3) is 20.0 Å². The Morgan fingerprint density at radius 3 is 1.45 bits per heavy atom. The quantitative estimate of drug-likeness (QED) is 0.104. The van der Waals surface area contributed by atoms with Gasteiger partial charge in [-0.3, -0.25) is 0 Å². The molecule has 14 nitrogen and oxygen atoms in total. The molecule has 2 fully saturated rings. The van der Waals surface area contributed by atoms with Crippen molar-refractivity contribution in [3.63, 3.8) is 0 Å². The van der Waals surface area contributed by atoms with Crippen LogP contribution in [0.25, 0.3) is 21.8 Å². The van der Waals surface area contributed by atoms with Crippen LogP contribution in [0.4, 0.5) is 4.79 Å². The minimum Gasteiger partial charge on any atom is -0.465 e. The lowest BCUT2D eigenvalue weighted by Gasteiger charge is -2.22. The number of benzene rings is 4. The highest BCUT2D eigenvalue weighted by Crippen LogP contribution is 2.42. The number of nitrogens with zero attached hydrogens (tertiary/aromatic N) is 2. The van der Waals surface area contributed by atoms with E-state index in [2.05, 4.69) is 5.32 Å². The Kier molecular flexibility index (Phi) is 13.4. The lowest BCUT2D eigenvalue weighted by molar-refractivity contribution is 0.0503. The molecule has 0 spiro atoms. The minimum absolute atomic E-state index is 0.0569. The van der Waals surface area contributed by atoms with Crippen LogP contribution < -0.4 is 5.32 Å². The smallest absolute Gasteiger partial charge is 0.407 e. The lowest BCUT2D eigenvalue weighted by atomic mass is 9.93. The molecule has 0 bridgehead atoms. The number of nitrogens with one attached hydrogen (secondary N) is 1. The summed E-state index contributed by atoms with van der Waals surface area (Å²) in [4.78, 5) is 37.5. The molecule has 16 heteroatoms. The van der Waals surface area contributed by atoms with Gasteiger partial charge in [-0.2, -0.15) is 0 Å². The summed E-state index contributed by atoms with van der Waals surface area (Å²) in [5, 5.41) is 14.3. The predicted octanol–water partition coefficient (Wildman–Crippen LogP) is 8.74. The van der Waals surface area contributed by atoms with Gasteiger partial charge >= 0.3 is 18.0 Å². The Labute approximate surface area is 379 Å². The van der Waals surface area contributed by atoms with E-state index in [1.807, 2.05) is 46.8 Å². The number of aromatic nitrogens is 2. The van der Waals surface area contributed by atoms with Gasteiger partial charge in [0, 0.05) is 29.2 Å². The Morgan fingerprint density at radius 1 is 0.615 bits per heavy atom. The van der Waals surface area contributed by atoms with E-state index < -0.39 is 43.7 Å². The zero-order valence-corrected chi connectivity index (χ0v) is 39.2. The van der Waals surface area contributed by atoms with E-state index in [0.29, 0.717) is 41.1 Å². The first kappa shape index (κ1) is 47.0. The van der Waals surface area contributed by atoms with E-state index in [0.717, 1.165) is 49.5 Å². The van der Waals surface area contributed by atoms with Crippen LogP contribution in [-0.4, -0.2) is 79.9 Å². The molecule has 0 saturated heterocycles. The third kappa shape index (κ3) is 9.70. The average Bonchev–Trinajstić information content (AvgIpc) is 4.10. The standard InChI is InChI=1S/C27H32N2O6S.C22H23NO5S/c1-17-6-10-20(11-7-17)36(32,33)29-15-14-22-21(12-13-23(24(22)29)25(30)34-5)18-8-9-19(16-18)28-26(31)35-27(2,3)4;1-14-3-7-17(8-4-14)29(26,27)23-12-11-19-18(15-5-6-16(24)13-15)9-10-20(21(19)23)22(25)28-2/h6-7,10-15,18-19H,8-9,16H2,1-5H3,(H,28,31);3-4,7-12,15-16,24H,5-6,13H2,1-2H3/t18-,19-;15-,16+/m11/s1. The molecule has 1 amide bonds. The number of aliphatic hydroxyl groups excluding tert-OH is 1. The number of hydrogen-bond donors (Lipinski definition) is 2. The van der Waals surface area contributed by atoms with Gasteiger partial charge in [-0.1, -0.05) is 47.5 Å². The molecule has 344 valence electrons. The summed E-state index contributed by atoms with van der Waals surface area (Å²) in [5.74, 6) is -0.997. The molecule has 2 aromatic heterocycles. The van der Waals surface area contributed by atoms with Crippen molar-refractivity contribution in [3.8, 4) is 0 Å². The maximum absolute atomic E-state index is 13.6. The monoisotopic (exact) mass is 925 g/mol. The summed E-state index contributed by atoms with van der Waals surface area (Å²) in [7, 11) is -5.30. The van der Waals surface area contributed by atoms with Crippen molar-refractivity contribution in [2.45, 2.75) is 113 Å². The number of ether oxygens (including phenoxy) is 3. The number of carbonyl (C=O) groups is 3. The average molecular weight is 926 g/mol. The first-order chi connectivity index (χ1) is 30.7. The van der Waals surface area contributed by atoms with Crippen molar-refractivity contribution >= 4 is 59.9 Å². The molecule has 8 rings (SSSR count). The van der Waals surface area contributed by atoms with Crippen molar-refractivity contribution in [1.82, 2.24) is 13.3 Å². The van der Waals surface area contributed by atoms with Gasteiger partial charge in [-0.15, -0.1) is 0 Å². The molecule has 0 aliphatic heterocycles. The number of aryl methyl sites for hydroxylation is 2. The van der Waals surface area contributed by atoms with Crippen LogP contribution in [0.1, 0.15) is 114 Å². The third-order valence-corrected chi connectivity index (χ3v) is 15.5. The second-order valence-electron chi connectivity index (χ2n) is 17.8. The van der Waals surface area contributed by atoms with E-state index in [1.165, 1.54) is 26.6 Å². The third-order valence-electron chi connectivity index (χ3n) is 12.1. The highest BCUT2D eigenvalue weighted by molar-refractivity contribution is 7.90. The van der Waals surface area contributed by atoms with Crippen LogP contribution in [-0.2, 0) is 34.3 Å². The molecule has 4 atom stereocenters. The summed E-state index contributed by atoms with van der Waals surface area (Å²) >= 11 is 0. The molecule has 2 saturated carbocycles. The Balaban J connectivity index is 0.000000198. The molecule has 2 heterocycles. The maximum atomic E-state index is 13.6. The van der Waals surface area contributed by atoms with Gasteiger partial charge < -0.3 is 24.6 Å². The summed E-state index contributed by atoms with van der Waals surface area (Å²) in [6, 6.07) is 23.6. The highest BCUT2D eigenvalue weighted by Gasteiger charge is 2.33. The SMILES string of the molecule is COC(=O)c1ccc([C@@H]2CC[C@@H](NC(=O)OC(C)(C)C)C2)c2ccn(S(=O)(=O)c3ccc(C)cc3)c12.COC(=O)c1ccc([C@@H]2CC[C@H](O)C2)c2ccn(S(=O)(=O)c3ccc(C)cc3)c12. The first-order valence-electron chi connectivity index (χ1n) is 21.5. The fourth-order valence-electron chi connectivity index (χ4n) is 8.92. The lowest BCUT2D eigenvalue weighted by Crippen LogP contribution is -2.37.